The van der Waals surface area contributed by atoms with Crippen molar-refractivity contribution in [2.24, 2.45) is 0 Å². The average Bonchev–Trinajstić information content (AvgIpc) is 2.94. The Labute approximate surface area is 133 Å². The molecule has 3 aromatic rings. The maximum absolute atomic E-state index is 13.1. The maximum atomic E-state index is 13.1. The van der Waals surface area contributed by atoms with Crippen LogP contribution in [0.5, 0.6) is 0 Å². The number of thiazole rings is 1. The number of fused-ring (bicyclic) bond motifs is 1. The second-order valence-electron chi connectivity index (χ2n) is 4.71. The third-order valence-corrected chi connectivity index (χ3v) is 4.13. The highest BCUT2D eigenvalue weighted by Gasteiger charge is 2.11. The summed E-state index contributed by atoms with van der Waals surface area (Å²) in [7, 11) is 0. The lowest BCUT2D eigenvalue weighted by molar-refractivity contribution is -0.384. The van der Waals surface area contributed by atoms with Crippen molar-refractivity contribution in [1.82, 2.24) is 4.98 Å². The van der Waals surface area contributed by atoms with E-state index in [1.807, 2.05) is 0 Å². The Hall–Kier alpha value is -2.87. The van der Waals surface area contributed by atoms with E-state index in [4.69, 9.17) is 0 Å². The molecule has 0 atom stereocenters. The molecule has 0 aliphatic rings. The molecule has 0 saturated heterocycles. The van der Waals surface area contributed by atoms with E-state index in [0.717, 1.165) is 0 Å². The molecule has 0 spiro atoms. The first-order chi connectivity index (χ1) is 11.0. The first kappa shape index (κ1) is 15.0. The van der Waals surface area contributed by atoms with E-state index >= 15 is 0 Å². The second kappa shape index (κ2) is 6.09. The van der Waals surface area contributed by atoms with E-state index in [1.54, 1.807) is 6.07 Å². The van der Waals surface area contributed by atoms with Gasteiger partial charge in [0.1, 0.15) is 5.82 Å². The van der Waals surface area contributed by atoms with Gasteiger partial charge in [-0.05, 0) is 30.3 Å². The van der Waals surface area contributed by atoms with Crippen LogP contribution in [0, 0.1) is 15.9 Å². The number of Topliss-reactive ketones (excluding diaryl/α,β-unsaturated/α-hetero) is 1. The molecule has 0 saturated carbocycles. The Morgan fingerprint density at radius 3 is 2.70 bits per heavy atom. The molecule has 1 aromatic heterocycles. The van der Waals surface area contributed by atoms with Crippen molar-refractivity contribution in [3.63, 3.8) is 0 Å². The molecular weight excluding hydrogens is 321 g/mol. The third kappa shape index (κ3) is 3.32. The summed E-state index contributed by atoms with van der Waals surface area (Å²) in [5.74, 6) is -0.556. The first-order valence-corrected chi connectivity index (χ1v) is 7.42. The predicted octanol–water partition coefficient (Wildman–Crippen LogP) is 3.64. The molecule has 0 aliphatic heterocycles. The molecule has 6 nitrogen and oxygen atoms in total. The number of carbonyl (C=O) groups excluding carboxylic acids is 1. The van der Waals surface area contributed by atoms with Crippen LogP contribution in [0.3, 0.4) is 0 Å². The smallest absolute Gasteiger partial charge is 0.269 e. The van der Waals surface area contributed by atoms with Crippen molar-refractivity contribution >= 4 is 38.2 Å². The minimum Gasteiger partial charge on any atom is -0.354 e. The summed E-state index contributed by atoms with van der Waals surface area (Å²) >= 11 is 1.25. The number of carbonyl (C=O) groups is 1. The van der Waals surface area contributed by atoms with Gasteiger partial charge in [-0.25, -0.2) is 9.37 Å². The zero-order chi connectivity index (χ0) is 16.4. The summed E-state index contributed by atoms with van der Waals surface area (Å²) in [4.78, 5) is 26.4. The van der Waals surface area contributed by atoms with E-state index in [2.05, 4.69) is 10.3 Å². The van der Waals surface area contributed by atoms with Gasteiger partial charge in [-0.3, -0.25) is 14.9 Å². The Balaban J connectivity index is 1.68. The maximum Gasteiger partial charge on any atom is 0.269 e. The van der Waals surface area contributed by atoms with E-state index in [1.165, 1.54) is 47.7 Å². The Bertz CT molecular complexity index is 893. The highest BCUT2D eigenvalue weighted by Crippen LogP contribution is 2.26. The van der Waals surface area contributed by atoms with Gasteiger partial charge in [0.05, 0.1) is 21.7 Å². The van der Waals surface area contributed by atoms with Gasteiger partial charge in [0, 0.05) is 17.7 Å². The fraction of sp³-hybridized carbons (Fsp3) is 0.0667. The second-order valence-corrected chi connectivity index (χ2v) is 5.74. The lowest BCUT2D eigenvalue weighted by Gasteiger charge is -2.02. The fourth-order valence-electron chi connectivity index (χ4n) is 2.00. The van der Waals surface area contributed by atoms with Crippen LogP contribution in [0.2, 0.25) is 0 Å². The van der Waals surface area contributed by atoms with Crippen molar-refractivity contribution in [3.05, 3.63) is 64.0 Å². The SMILES string of the molecule is O=C(CNc1nc2ccc(F)cc2s1)c1ccc([N+](=O)[O-])cc1. The number of nitro groups is 1. The molecule has 0 fully saturated rings. The summed E-state index contributed by atoms with van der Waals surface area (Å²) in [6.45, 7) is 0.000114. The monoisotopic (exact) mass is 331 g/mol. The zero-order valence-electron chi connectivity index (χ0n) is 11.7. The normalized spacial score (nSPS) is 10.7. The molecule has 0 unspecified atom stereocenters. The van der Waals surface area contributed by atoms with Crippen LogP contribution >= 0.6 is 11.3 Å². The standard InChI is InChI=1S/C15H10FN3O3S/c16-10-3-6-12-14(7-10)23-15(18-12)17-8-13(20)9-1-4-11(5-2-9)19(21)22/h1-7H,8H2,(H,17,18). The summed E-state index contributed by atoms with van der Waals surface area (Å²) in [5.41, 5.74) is 0.958. The number of anilines is 1. The number of non-ortho nitro benzene ring substituents is 1. The molecule has 0 aliphatic carbocycles. The predicted molar refractivity (Wildman–Crippen MR) is 85.5 cm³/mol. The zero-order valence-corrected chi connectivity index (χ0v) is 12.5. The van der Waals surface area contributed by atoms with E-state index in [9.17, 15) is 19.3 Å². The number of nitrogens with one attached hydrogen (secondary N) is 1. The molecule has 0 amide bonds. The quantitative estimate of drug-likeness (QED) is 0.438. The molecule has 1 heterocycles. The van der Waals surface area contributed by atoms with Crippen LogP contribution in [0.1, 0.15) is 10.4 Å². The van der Waals surface area contributed by atoms with Crippen LogP contribution in [0.15, 0.2) is 42.5 Å². The topological polar surface area (TPSA) is 85.1 Å². The number of benzene rings is 2. The van der Waals surface area contributed by atoms with Gasteiger partial charge >= 0.3 is 0 Å². The van der Waals surface area contributed by atoms with Crippen molar-refractivity contribution in [2.45, 2.75) is 0 Å². The van der Waals surface area contributed by atoms with Crippen molar-refractivity contribution in [3.8, 4) is 0 Å². The summed E-state index contributed by atoms with van der Waals surface area (Å²) in [6, 6.07) is 9.68. The van der Waals surface area contributed by atoms with Gasteiger partial charge in [-0.1, -0.05) is 11.3 Å². The molecule has 3 rings (SSSR count). The van der Waals surface area contributed by atoms with Crippen molar-refractivity contribution < 1.29 is 14.1 Å². The van der Waals surface area contributed by atoms with Crippen LogP contribution < -0.4 is 5.32 Å². The molecular formula is C15H10FN3O3S. The number of nitrogens with zero attached hydrogens (tertiary/aromatic N) is 2. The highest BCUT2D eigenvalue weighted by atomic mass is 32.1. The van der Waals surface area contributed by atoms with Crippen molar-refractivity contribution in [2.75, 3.05) is 11.9 Å². The molecule has 0 bridgehead atoms. The van der Waals surface area contributed by atoms with E-state index in [0.29, 0.717) is 20.9 Å². The minimum absolute atomic E-state index is 0.000114. The van der Waals surface area contributed by atoms with Crippen LogP contribution in [0.25, 0.3) is 10.2 Å². The molecule has 1 N–H and O–H groups in total. The lowest BCUT2D eigenvalue weighted by atomic mass is 10.1. The van der Waals surface area contributed by atoms with Gasteiger partial charge in [0.2, 0.25) is 0 Å². The minimum atomic E-state index is -0.521. The summed E-state index contributed by atoms with van der Waals surface area (Å²) in [6.07, 6.45) is 0. The average molecular weight is 331 g/mol. The summed E-state index contributed by atoms with van der Waals surface area (Å²) in [5, 5.41) is 14.0. The lowest BCUT2D eigenvalue weighted by Crippen LogP contribution is -2.13. The number of nitro benzene ring substituents is 1. The Morgan fingerprint density at radius 2 is 2.00 bits per heavy atom. The van der Waals surface area contributed by atoms with Gasteiger partial charge in [0.25, 0.3) is 5.69 Å². The fourth-order valence-corrected chi connectivity index (χ4v) is 2.89. The Kier molecular flexibility index (Phi) is 3.98. The van der Waals surface area contributed by atoms with Crippen molar-refractivity contribution in [1.29, 1.82) is 0 Å². The molecule has 23 heavy (non-hydrogen) atoms. The van der Waals surface area contributed by atoms with E-state index in [-0.39, 0.29) is 23.8 Å². The number of hydrogen-bond acceptors (Lipinski definition) is 6. The van der Waals surface area contributed by atoms with E-state index < -0.39 is 4.92 Å². The van der Waals surface area contributed by atoms with Gasteiger partial charge in [0.15, 0.2) is 10.9 Å². The Morgan fingerprint density at radius 1 is 1.26 bits per heavy atom. The molecule has 116 valence electrons. The van der Waals surface area contributed by atoms with Gasteiger partial charge < -0.3 is 5.32 Å². The highest BCUT2D eigenvalue weighted by molar-refractivity contribution is 7.22. The largest absolute Gasteiger partial charge is 0.354 e. The number of hydrogen-bond donors (Lipinski definition) is 1. The molecule has 2 aromatic carbocycles. The first-order valence-electron chi connectivity index (χ1n) is 6.60. The number of ketones is 1. The van der Waals surface area contributed by atoms with Crippen LogP contribution in [-0.2, 0) is 0 Å². The van der Waals surface area contributed by atoms with Gasteiger partial charge in [-0.15, -0.1) is 0 Å². The molecule has 8 heteroatoms. The molecule has 0 radical (unpaired) electrons. The number of aromatic nitrogens is 1. The van der Waals surface area contributed by atoms with Crippen LogP contribution in [0.4, 0.5) is 15.2 Å². The summed E-state index contributed by atoms with van der Waals surface area (Å²) < 4.78 is 13.8. The van der Waals surface area contributed by atoms with Gasteiger partial charge in [-0.2, -0.15) is 0 Å². The number of rotatable bonds is 5. The third-order valence-electron chi connectivity index (χ3n) is 3.15. The number of halogens is 1. The van der Waals surface area contributed by atoms with Crippen LogP contribution in [-0.4, -0.2) is 22.2 Å².